The lowest BCUT2D eigenvalue weighted by Crippen LogP contribution is -2.68. The number of alkyl halides is 1. The van der Waals surface area contributed by atoms with E-state index in [-0.39, 0.29) is 23.6 Å². The van der Waals surface area contributed by atoms with Crippen LogP contribution in [0.2, 0.25) is 0 Å². The summed E-state index contributed by atoms with van der Waals surface area (Å²) in [6.07, 6.45) is 3.50. The van der Waals surface area contributed by atoms with E-state index in [1.807, 2.05) is 12.1 Å². The van der Waals surface area contributed by atoms with Gasteiger partial charge in [-0.15, -0.1) is 23.4 Å². The van der Waals surface area contributed by atoms with Crippen LogP contribution in [-0.4, -0.2) is 46.9 Å². The molecule has 0 saturated carbocycles. The molecular formula is C18H19ClN2O4S. The molecule has 3 rings (SSSR count). The Kier molecular flexibility index (Phi) is 5.90. The number of allylic oxidation sites excluding steroid dienone is 2. The summed E-state index contributed by atoms with van der Waals surface area (Å²) in [7, 11) is 1.59. The molecule has 8 heteroatoms. The van der Waals surface area contributed by atoms with Gasteiger partial charge in [0.1, 0.15) is 29.5 Å². The van der Waals surface area contributed by atoms with Crippen molar-refractivity contribution in [3.8, 4) is 5.75 Å². The summed E-state index contributed by atoms with van der Waals surface area (Å²) in [5, 5.41) is -0.223. The lowest BCUT2D eigenvalue weighted by atomic mass is 10.0. The van der Waals surface area contributed by atoms with Gasteiger partial charge in [-0.05, 0) is 23.3 Å². The Balaban J connectivity index is 1.77. The third-order valence-corrected chi connectivity index (χ3v) is 5.67. The highest BCUT2D eigenvalue weighted by Crippen LogP contribution is 2.40. The third kappa shape index (κ3) is 3.60. The highest BCUT2D eigenvalue weighted by molar-refractivity contribution is 8.00. The van der Waals surface area contributed by atoms with Gasteiger partial charge in [0.2, 0.25) is 5.91 Å². The largest absolute Gasteiger partial charge is 0.497 e. The van der Waals surface area contributed by atoms with Crippen molar-refractivity contribution in [3.63, 3.8) is 0 Å². The molecule has 2 atom stereocenters. The highest BCUT2D eigenvalue weighted by Gasteiger charge is 2.51. The normalized spacial score (nSPS) is 22.3. The third-order valence-electron chi connectivity index (χ3n) is 4.17. The fraction of sp³-hybridized carbons (Fsp3) is 0.333. The molecule has 1 amide bonds. The van der Waals surface area contributed by atoms with Gasteiger partial charge < -0.3 is 15.2 Å². The van der Waals surface area contributed by atoms with Crippen molar-refractivity contribution in [2.75, 3.05) is 18.7 Å². The minimum atomic E-state index is -0.581. The Morgan fingerprint density at radius 3 is 2.81 bits per heavy atom. The van der Waals surface area contributed by atoms with Gasteiger partial charge >= 0.3 is 5.97 Å². The monoisotopic (exact) mass is 394 g/mol. The Labute approximate surface area is 160 Å². The fourth-order valence-corrected chi connectivity index (χ4v) is 4.14. The summed E-state index contributed by atoms with van der Waals surface area (Å²) in [4.78, 5) is 26.3. The number of ether oxygens (including phenoxy) is 2. The fourth-order valence-electron chi connectivity index (χ4n) is 2.78. The van der Waals surface area contributed by atoms with Gasteiger partial charge in [-0.25, -0.2) is 4.79 Å². The van der Waals surface area contributed by atoms with Crippen molar-refractivity contribution in [1.82, 2.24) is 4.90 Å². The standard InChI is InChI=1S/C18H19ClN2O4S/c1-24-13-6-4-11(5-7-13)9-25-18(23)15-12(3-2-8-19)10-26-17-14(20)16(22)21(15)17/h2-7,14,17H,8-10,20H2,1H3/b3-2-/t14-,17+/m1/s1. The van der Waals surface area contributed by atoms with Gasteiger partial charge in [-0.1, -0.05) is 24.3 Å². The van der Waals surface area contributed by atoms with Crippen LogP contribution in [0.15, 0.2) is 47.7 Å². The van der Waals surface area contributed by atoms with E-state index in [0.717, 1.165) is 11.3 Å². The van der Waals surface area contributed by atoms with Gasteiger partial charge in [0.05, 0.1) is 7.11 Å². The molecule has 2 aliphatic heterocycles. The molecule has 0 unspecified atom stereocenters. The van der Waals surface area contributed by atoms with Gasteiger partial charge in [0.25, 0.3) is 0 Å². The first-order valence-electron chi connectivity index (χ1n) is 8.02. The number of esters is 1. The van der Waals surface area contributed by atoms with Gasteiger partial charge in [-0.3, -0.25) is 9.69 Å². The van der Waals surface area contributed by atoms with Crippen molar-refractivity contribution in [2.24, 2.45) is 5.73 Å². The molecule has 2 heterocycles. The van der Waals surface area contributed by atoms with Crippen LogP contribution in [0.1, 0.15) is 5.56 Å². The van der Waals surface area contributed by atoms with E-state index in [9.17, 15) is 9.59 Å². The average molecular weight is 395 g/mol. The number of amides is 1. The second kappa shape index (κ2) is 8.16. The molecule has 0 bridgehead atoms. The van der Waals surface area contributed by atoms with Crippen LogP contribution >= 0.6 is 23.4 Å². The summed E-state index contributed by atoms with van der Waals surface area (Å²) in [6.45, 7) is 0.102. The van der Waals surface area contributed by atoms with Crippen LogP contribution in [-0.2, 0) is 20.9 Å². The molecule has 1 aromatic rings. The molecule has 1 fully saturated rings. The van der Waals surface area contributed by atoms with Crippen LogP contribution in [0, 0.1) is 0 Å². The number of methoxy groups -OCH3 is 1. The summed E-state index contributed by atoms with van der Waals surface area (Å²) in [5.74, 6) is 0.807. The molecule has 0 aromatic heterocycles. The zero-order valence-corrected chi connectivity index (χ0v) is 15.8. The Morgan fingerprint density at radius 1 is 1.42 bits per heavy atom. The van der Waals surface area contributed by atoms with E-state index in [0.29, 0.717) is 17.2 Å². The Hall–Kier alpha value is -1.96. The van der Waals surface area contributed by atoms with E-state index in [1.54, 1.807) is 31.4 Å². The second-order valence-corrected chi connectivity index (χ2v) is 7.20. The van der Waals surface area contributed by atoms with E-state index in [2.05, 4.69) is 0 Å². The molecule has 0 aliphatic carbocycles. The molecule has 2 N–H and O–H groups in total. The van der Waals surface area contributed by atoms with Crippen molar-refractivity contribution in [3.05, 3.63) is 53.3 Å². The second-order valence-electron chi connectivity index (χ2n) is 5.79. The van der Waals surface area contributed by atoms with E-state index in [4.69, 9.17) is 26.8 Å². The van der Waals surface area contributed by atoms with E-state index < -0.39 is 12.0 Å². The van der Waals surface area contributed by atoms with Gasteiger partial charge in [0, 0.05) is 11.6 Å². The average Bonchev–Trinajstić information content (AvgIpc) is 2.69. The van der Waals surface area contributed by atoms with Crippen molar-refractivity contribution >= 4 is 35.2 Å². The predicted octanol–water partition coefficient (Wildman–Crippen LogP) is 2.03. The van der Waals surface area contributed by atoms with E-state index in [1.165, 1.54) is 16.7 Å². The topological polar surface area (TPSA) is 81.9 Å². The number of carbonyl (C=O) groups is 2. The Bertz CT molecular complexity index is 763. The molecule has 1 saturated heterocycles. The number of nitrogens with zero attached hydrogens (tertiary/aromatic N) is 1. The zero-order valence-electron chi connectivity index (χ0n) is 14.2. The summed E-state index contributed by atoms with van der Waals surface area (Å²) < 4.78 is 10.5. The minimum Gasteiger partial charge on any atom is -0.497 e. The molecule has 138 valence electrons. The maximum absolute atomic E-state index is 12.7. The molecule has 2 aliphatic rings. The number of hydrogen-bond donors (Lipinski definition) is 1. The van der Waals surface area contributed by atoms with Crippen molar-refractivity contribution < 1.29 is 19.1 Å². The van der Waals surface area contributed by atoms with Crippen LogP contribution in [0.4, 0.5) is 0 Å². The predicted molar refractivity (Wildman–Crippen MR) is 101 cm³/mol. The highest BCUT2D eigenvalue weighted by atomic mass is 35.5. The molecule has 26 heavy (non-hydrogen) atoms. The SMILES string of the molecule is COc1ccc(COC(=O)C2=C(/C=C\CCl)CS[C@H]3[C@H](N)C(=O)N23)cc1. The van der Waals surface area contributed by atoms with Crippen LogP contribution in [0.3, 0.4) is 0 Å². The van der Waals surface area contributed by atoms with Crippen LogP contribution < -0.4 is 10.5 Å². The lowest BCUT2D eigenvalue weighted by molar-refractivity contribution is -0.151. The van der Waals surface area contributed by atoms with Crippen LogP contribution in [0.25, 0.3) is 0 Å². The van der Waals surface area contributed by atoms with Crippen molar-refractivity contribution in [1.29, 1.82) is 0 Å². The summed E-state index contributed by atoms with van der Waals surface area (Å²) in [6, 6.07) is 6.64. The number of carbonyl (C=O) groups excluding carboxylic acids is 2. The number of halogens is 1. The van der Waals surface area contributed by atoms with Gasteiger partial charge in [-0.2, -0.15) is 0 Å². The number of thioether (sulfide) groups is 1. The number of fused-ring (bicyclic) bond motifs is 1. The minimum absolute atomic E-state index is 0.102. The maximum atomic E-state index is 12.7. The first-order chi connectivity index (χ1) is 12.6. The number of β-lactam (4-membered cyclic amide) rings is 1. The summed E-state index contributed by atoms with van der Waals surface area (Å²) >= 11 is 7.23. The van der Waals surface area contributed by atoms with Gasteiger partial charge in [0.15, 0.2) is 0 Å². The van der Waals surface area contributed by atoms with Crippen LogP contribution in [0.5, 0.6) is 5.75 Å². The quantitative estimate of drug-likeness (QED) is 0.451. The molecule has 0 spiro atoms. The Morgan fingerprint density at radius 2 is 2.15 bits per heavy atom. The van der Waals surface area contributed by atoms with Crippen molar-refractivity contribution in [2.45, 2.75) is 18.0 Å². The first-order valence-corrected chi connectivity index (χ1v) is 9.61. The number of benzene rings is 1. The number of nitrogens with two attached hydrogens (primary N) is 1. The molecule has 1 aromatic carbocycles. The molecule has 6 nitrogen and oxygen atoms in total. The molecule has 0 radical (unpaired) electrons. The summed E-state index contributed by atoms with van der Waals surface area (Å²) in [5.41, 5.74) is 7.64. The number of hydrogen-bond acceptors (Lipinski definition) is 6. The first kappa shape index (κ1) is 18.8. The molecular weight excluding hydrogens is 376 g/mol. The number of rotatable bonds is 6. The zero-order chi connectivity index (χ0) is 18.7. The van der Waals surface area contributed by atoms with E-state index >= 15 is 0 Å². The maximum Gasteiger partial charge on any atom is 0.355 e. The smallest absolute Gasteiger partial charge is 0.355 e. The lowest BCUT2D eigenvalue weighted by Gasteiger charge is -2.48.